The minimum absolute atomic E-state index is 0. The summed E-state index contributed by atoms with van der Waals surface area (Å²) in [5.74, 6) is -12.7. The van der Waals surface area contributed by atoms with Crippen LogP contribution in [0.2, 0.25) is 0 Å². The SMILES string of the molecule is C.CS(=O)(=O)Cl.CS(=O)(=O)NCc1cc([C@@](Cc2ccccc2)(NC(=O)c2ccc(F)c(C(F)(F)F)c2)c2cc(F)cc(OC(F)(F)C(F)F)c2)ccc1F.NCc1cc([C@@](Cc2ccccc2)(NC(=O)c2ccc(F)c(C(F)(F)F)c2)c2cc(F)cc(OC(F)(F)C(F)F)c2)ccc1F. The van der Waals surface area contributed by atoms with Crippen LogP contribution < -0.4 is 30.6 Å². The molecule has 0 aliphatic heterocycles. The van der Waals surface area contributed by atoms with E-state index in [0.29, 0.717) is 53.6 Å². The molecule has 0 aliphatic carbocycles. The molecular weight excluding hydrogens is 1440 g/mol. The summed E-state index contributed by atoms with van der Waals surface area (Å²) < 4.78 is 329. The number of benzene rings is 8. The highest BCUT2D eigenvalue weighted by Gasteiger charge is 2.47. The number of carbonyl (C=O) groups excluding carboxylic acids is 2. The van der Waals surface area contributed by atoms with E-state index in [1.165, 1.54) is 36.4 Å². The van der Waals surface area contributed by atoms with Crippen LogP contribution in [-0.4, -0.2) is 66.2 Å². The molecule has 8 rings (SSSR count). The molecule has 100 heavy (non-hydrogen) atoms. The minimum atomic E-state index is -5.25. The number of nitrogens with one attached hydrogen (secondary N) is 3. The van der Waals surface area contributed by atoms with Crippen molar-refractivity contribution in [3.63, 3.8) is 0 Å². The van der Waals surface area contributed by atoms with Crippen LogP contribution in [0.3, 0.4) is 0 Å². The second kappa shape index (κ2) is 32.6. The van der Waals surface area contributed by atoms with Crippen LogP contribution >= 0.6 is 10.7 Å². The lowest BCUT2D eigenvalue weighted by Gasteiger charge is -2.37. The number of sulfonamides is 1. The van der Waals surface area contributed by atoms with Gasteiger partial charge >= 0.3 is 37.4 Å². The van der Waals surface area contributed by atoms with Gasteiger partial charge in [-0.15, -0.1) is 0 Å². The molecule has 8 aromatic rings. The topological polar surface area (TPSA) is 183 Å². The average Bonchev–Trinajstić information content (AvgIpc) is 0.757. The third kappa shape index (κ3) is 22.0. The van der Waals surface area contributed by atoms with Crippen LogP contribution in [0.25, 0.3) is 0 Å². The maximum Gasteiger partial charge on any atom is 0.461 e. The fourth-order valence-electron chi connectivity index (χ4n) is 9.54. The Balaban J connectivity index is 0.000000335. The van der Waals surface area contributed by atoms with Crippen LogP contribution in [0.15, 0.2) is 170 Å². The number of hydrogen-bond acceptors (Lipinski definition) is 9. The molecule has 0 radical (unpaired) electrons. The third-order valence-electron chi connectivity index (χ3n) is 13.9. The number of ether oxygens (including phenoxy) is 2. The summed E-state index contributed by atoms with van der Waals surface area (Å²) in [6.45, 7) is -1.06. The lowest BCUT2D eigenvalue weighted by Crippen LogP contribution is -2.49. The Kier molecular flexibility index (Phi) is 26.6. The van der Waals surface area contributed by atoms with Crippen molar-refractivity contribution in [1.82, 2.24) is 15.4 Å². The van der Waals surface area contributed by atoms with Crippen molar-refractivity contribution in [2.45, 2.75) is 81.9 Å². The zero-order valence-electron chi connectivity index (χ0n) is 50.2. The molecule has 2 atom stereocenters. The maximum atomic E-state index is 15.1. The summed E-state index contributed by atoms with van der Waals surface area (Å²) in [5, 5.41) is 4.92. The van der Waals surface area contributed by atoms with Crippen molar-refractivity contribution < 1.29 is 124 Å². The molecule has 0 bridgehead atoms. The van der Waals surface area contributed by atoms with Crippen molar-refractivity contribution in [2.24, 2.45) is 5.73 Å². The molecule has 35 heteroatoms. The molecule has 0 heterocycles. The van der Waals surface area contributed by atoms with Gasteiger partial charge in [-0.3, -0.25) is 9.59 Å². The van der Waals surface area contributed by atoms with E-state index in [9.17, 15) is 105 Å². The summed E-state index contributed by atoms with van der Waals surface area (Å²) >= 11 is 0. The van der Waals surface area contributed by atoms with Gasteiger partial charge in [0.25, 0.3) is 11.8 Å². The molecular formula is C65H53ClF20N4O8S2. The molecule has 0 aliphatic rings. The Bertz CT molecular complexity index is 4420. The van der Waals surface area contributed by atoms with E-state index in [1.807, 2.05) is 0 Å². The van der Waals surface area contributed by atoms with Gasteiger partial charge in [0.15, 0.2) is 0 Å². The van der Waals surface area contributed by atoms with Gasteiger partial charge < -0.3 is 25.8 Å². The lowest BCUT2D eigenvalue weighted by atomic mass is 9.77. The molecule has 2 amide bonds. The number of halogens is 21. The van der Waals surface area contributed by atoms with Gasteiger partial charge in [0.1, 0.15) is 46.4 Å². The number of rotatable bonds is 22. The third-order valence-corrected chi connectivity index (χ3v) is 14.6. The Morgan fingerprint density at radius 2 is 0.810 bits per heavy atom. The van der Waals surface area contributed by atoms with Gasteiger partial charge in [0.05, 0.1) is 34.7 Å². The standard InChI is InChI=1S/C32H24F10N2O4S.C31H22F10N2O2.CH3ClO2S.CH4/c1-49(46,47)43-17-20-11-21(8-10-26(20)34)30(16-18-5-3-2-4-6-18,22-13-23(33)15-24(14-22)48-32(41,42)29(36)37)44-28(45)19-7-9-27(35)25(12-19)31(38,39)40;32-22-12-21(13-23(14-22)45-31(40,41)28(35)36)29(15-17-4-2-1-3-5-17,20-7-9-25(33)19(10-20)16-42)43-27(44)18-6-8-26(34)24(11-18)30(37,38)39;1-5(2,3)4;/h2-15,29,43H,16-17H2,1H3,(H,44,45);1-14,28H,15-16,42H2,(H,43,44);1H3;1H4/t30-;29-;;/m11../s1. The van der Waals surface area contributed by atoms with Crippen LogP contribution in [-0.2, 0) is 68.4 Å². The van der Waals surface area contributed by atoms with Crippen LogP contribution in [0.1, 0.15) is 83.8 Å². The first-order valence-corrected chi connectivity index (χ1v) is 32.3. The largest absolute Gasteiger partial charge is 0.461 e. The normalized spacial score (nSPS) is 13.3. The Hall–Kier alpha value is -8.99. The smallest absolute Gasteiger partial charge is 0.428 e. The molecule has 0 saturated heterocycles. The van der Waals surface area contributed by atoms with Crippen molar-refractivity contribution in [3.8, 4) is 11.5 Å². The van der Waals surface area contributed by atoms with E-state index < -0.39 is 172 Å². The predicted molar refractivity (Wildman–Crippen MR) is 325 cm³/mol. The van der Waals surface area contributed by atoms with Gasteiger partial charge in [-0.1, -0.05) is 80.2 Å². The number of alkyl halides is 14. The highest BCUT2D eigenvalue weighted by Crippen LogP contribution is 2.42. The molecule has 5 N–H and O–H groups in total. The Morgan fingerprint density at radius 3 is 1.14 bits per heavy atom. The average molecular weight is 1500 g/mol. The Morgan fingerprint density at radius 1 is 0.470 bits per heavy atom. The molecule has 0 saturated carbocycles. The van der Waals surface area contributed by atoms with Crippen LogP contribution in [0.4, 0.5) is 87.8 Å². The minimum Gasteiger partial charge on any atom is -0.428 e. The summed E-state index contributed by atoms with van der Waals surface area (Å²) in [6.07, 6.45) is -28.5. The van der Waals surface area contributed by atoms with E-state index in [-0.39, 0.29) is 54.8 Å². The molecule has 0 unspecified atom stereocenters. The number of nitrogens with two attached hydrogens (primary N) is 1. The first kappa shape index (κ1) is 81.7. The van der Waals surface area contributed by atoms with E-state index in [2.05, 4.69) is 35.5 Å². The zero-order chi connectivity index (χ0) is 74.0. The van der Waals surface area contributed by atoms with Gasteiger partial charge in [0, 0.05) is 71.0 Å². The zero-order valence-corrected chi connectivity index (χ0v) is 52.6. The maximum absolute atomic E-state index is 15.1. The molecule has 0 fully saturated rings. The second-order valence-corrected chi connectivity index (χ2v) is 26.2. The van der Waals surface area contributed by atoms with E-state index in [4.69, 9.17) is 5.73 Å². The molecule has 540 valence electrons. The van der Waals surface area contributed by atoms with E-state index in [1.54, 1.807) is 24.3 Å². The first-order valence-electron chi connectivity index (χ1n) is 27.7. The van der Waals surface area contributed by atoms with Crippen molar-refractivity contribution in [2.75, 3.05) is 12.5 Å². The predicted octanol–water partition coefficient (Wildman–Crippen LogP) is 15.9. The number of hydrogen-bond donors (Lipinski definition) is 4. The first-order chi connectivity index (χ1) is 45.7. The molecule has 0 spiro atoms. The van der Waals surface area contributed by atoms with Crippen LogP contribution in [0, 0.1) is 34.9 Å². The van der Waals surface area contributed by atoms with Crippen molar-refractivity contribution in [1.29, 1.82) is 0 Å². The Labute approximate surface area is 561 Å². The molecule has 8 aromatic carbocycles. The summed E-state index contributed by atoms with van der Waals surface area (Å²) in [4.78, 5) is 27.4. The van der Waals surface area contributed by atoms with Gasteiger partial charge in [0.2, 0.25) is 19.1 Å². The monoisotopic (exact) mass is 1500 g/mol. The number of carbonyl (C=O) groups is 2. The van der Waals surface area contributed by atoms with Gasteiger partial charge in [-0.25, -0.2) is 47.9 Å². The van der Waals surface area contributed by atoms with Crippen molar-refractivity contribution in [3.05, 3.63) is 272 Å². The van der Waals surface area contributed by atoms with Crippen molar-refractivity contribution >= 4 is 41.6 Å². The van der Waals surface area contributed by atoms with Gasteiger partial charge in [-0.05, 0) is 118 Å². The quantitative estimate of drug-likeness (QED) is 0.0379. The highest BCUT2D eigenvalue weighted by molar-refractivity contribution is 8.13. The van der Waals surface area contributed by atoms with E-state index >= 15 is 8.78 Å². The summed E-state index contributed by atoms with van der Waals surface area (Å²) in [5.41, 5.74) is -4.79. The number of amides is 2. The lowest BCUT2D eigenvalue weighted by molar-refractivity contribution is -0.253. The highest BCUT2D eigenvalue weighted by atomic mass is 35.7. The fraction of sp³-hybridized carbons (Fsp3) is 0.231. The second-order valence-electron chi connectivity index (χ2n) is 21.3. The van der Waals surface area contributed by atoms with Crippen LogP contribution in [0.5, 0.6) is 11.5 Å². The summed E-state index contributed by atoms with van der Waals surface area (Å²) in [7, 11) is -2.60. The van der Waals surface area contributed by atoms with Gasteiger partial charge in [-0.2, -0.15) is 61.5 Å². The van der Waals surface area contributed by atoms with E-state index in [0.717, 1.165) is 67.1 Å². The molecule has 12 nitrogen and oxygen atoms in total. The molecule has 0 aromatic heterocycles. The fourth-order valence-corrected chi connectivity index (χ4v) is 9.96. The summed E-state index contributed by atoms with van der Waals surface area (Å²) in [6, 6.07) is 27.6.